The molecule has 2 rings (SSSR count). The molecule has 1 heterocycles. The van der Waals surface area contributed by atoms with Gasteiger partial charge in [-0.1, -0.05) is 0 Å². The zero-order chi connectivity index (χ0) is 7.84. The highest BCUT2D eigenvalue weighted by atomic mass is 16.1. The van der Waals surface area contributed by atoms with Crippen molar-refractivity contribution in [2.75, 3.05) is 0 Å². The summed E-state index contributed by atoms with van der Waals surface area (Å²) in [5, 5.41) is 6.51. The molecule has 1 fully saturated rings. The quantitative estimate of drug-likeness (QED) is 0.624. The first-order chi connectivity index (χ1) is 5.29. The summed E-state index contributed by atoms with van der Waals surface area (Å²) in [6.07, 6.45) is 4.44. The van der Waals surface area contributed by atoms with Crippen LogP contribution in [0.1, 0.15) is 17.9 Å². The molecule has 1 saturated carbocycles. The molecule has 0 saturated heterocycles. The Morgan fingerprint density at radius 3 is 3.09 bits per heavy atom. The van der Waals surface area contributed by atoms with Crippen molar-refractivity contribution in [2.24, 2.45) is 11.7 Å². The van der Waals surface area contributed by atoms with Crippen LogP contribution < -0.4 is 5.73 Å². The first-order valence-corrected chi connectivity index (χ1v) is 3.57. The molecule has 2 atom stereocenters. The number of nitrogens with zero attached hydrogens (tertiary/aromatic N) is 1. The van der Waals surface area contributed by atoms with Crippen LogP contribution in [0.15, 0.2) is 12.4 Å². The third kappa shape index (κ3) is 1.00. The van der Waals surface area contributed by atoms with Gasteiger partial charge in [-0.25, -0.2) is 0 Å². The van der Waals surface area contributed by atoms with Crippen LogP contribution in [0.4, 0.5) is 0 Å². The fourth-order valence-corrected chi connectivity index (χ4v) is 1.34. The normalized spacial score (nSPS) is 28.4. The van der Waals surface area contributed by atoms with Gasteiger partial charge in [-0.3, -0.25) is 9.89 Å². The fraction of sp³-hybridized carbons (Fsp3) is 0.429. The van der Waals surface area contributed by atoms with Crippen LogP contribution in [0, 0.1) is 5.92 Å². The molecule has 4 nitrogen and oxygen atoms in total. The van der Waals surface area contributed by atoms with E-state index in [0.29, 0.717) is 5.92 Å². The Morgan fingerprint density at radius 2 is 2.64 bits per heavy atom. The van der Waals surface area contributed by atoms with Gasteiger partial charge >= 0.3 is 0 Å². The summed E-state index contributed by atoms with van der Waals surface area (Å²) in [5.74, 6) is 0.176. The van der Waals surface area contributed by atoms with E-state index in [4.69, 9.17) is 5.73 Å². The highest BCUT2D eigenvalue weighted by molar-refractivity contribution is 5.81. The van der Waals surface area contributed by atoms with Crippen molar-refractivity contribution in [3.05, 3.63) is 18.0 Å². The second-order valence-corrected chi connectivity index (χ2v) is 2.88. The number of H-pyrrole nitrogens is 1. The minimum atomic E-state index is -0.198. The van der Waals surface area contributed by atoms with Crippen LogP contribution in [0.5, 0.6) is 0 Å². The van der Waals surface area contributed by atoms with Crippen molar-refractivity contribution in [1.82, 2.24) is 10.2 Å². The maximum absolute atomic E-state index is 10.7. The van der Waals surface area contributed by atoms with Gasteiger partial charge in [-0.15, -0.1) is 0 Å². The predicted molar refractivity (Wildman–Crippen MR) is 38.6 cm³/mol. The van der Waals surface area contributed by atoms with Crippen molar-refractivity contribution in [1.29, 1.82) is 0 Å². The van der Waals surface area contributed by atoms with E-state index in [0.717, 1.165) is 12.0 Å². The van der Waals surface area contributed by atoms with E-state index in [2.05, 4.69) is 10.2 Å². The van der Waals surface area contributed by atoms with Gasteiger partial charge < -0.3 is 5.73 Å². The van der Waals surface area contributed by atoms with Crippen LogP contribution in [0.3, 0.4) is 0 Å². The number of amides is 1. The number of nitrogens with two attached hydrogens (primary N) is 1. The summed E-state index contributed by atoms with van der Waals surface area (Å²) in [4.78, 5) is 10.7. The lowest BCUT2D eigenvalue weighted by Crippen LogP contribution is -2.13. The Kier molecular flexibility index (Phi) is 1.21. The Balaban J connectivity index is 2.08. The average Bonchev–Trinajstić information content (AvgIpc) is 2.60. The summed E-state index contributed by atoms with van der Waals surface area (Å²) in [6, 6.07) is 0. The lowest BCUT2D eigenvalue weighted by atomic mass is 10.2. The number of carbonyl (C=O) groups excluding carboxylic acids is 1. The summed E-state index contributed by atoms with van der Waals surface area (Å²) in [5.41, 5.74) is 6.22. The smallest absolute Gasteiger partial charge is 0.221 e. The van der Waals surface area contributed by atoms with Crippen LogP contribution in [0.25, 0.3) is 0 Å². The molecule has 11 heavy (non-hydrogen) atoms. The summed E-state index contributed by atoms with van der Waals surface area (Å²) >= 11 is 0. The third-order valence-electron chi connectivity index (χ3n) is 2.10. The van der Waals surface area contributed by atoms with Gasteiger partial charge in [0, 0.05) is 12.1 Å². The molecular weight excluding hydrogens is 142 g/mol. The van der Waals surface area contributed by atoms with Gasteiger partial charge in [0.25, 0.3) is 0 Å². The molecule has 1 aliphatic rings. The number of aromatic amines is 1. The number of carbonyl (C=O) groups is 1. The summed E-state index contributed by atoms with van der Waals surface area (Å²) in [6.45, 7) is 0. The van der Waals surface area contributed by atoms with Crippen molar-refractivity contribution < 1.29 is 4.79 Å². The molecule has 0 radical (unpaired) electrons. The van der Waals surface area contributed by atoms with Gasteiger partial charge in [0.1, 0.15) is 0 Å². The van der Waals surface area contributed by atoms with E-state index in [1.54, 1.807) is 6.20 Å². The number of hydrogen-bond donors (Lipinski definition) is 2. The molecule has 3 N–H and O–H groups in total. The fourth-order valence-electron chi connectivity index (χ4n) is 1.34. The number of rotatable bonds is 2. The SMILES string of the molecule is NC(=O)C1CC1c1cn[nH]c1. The molecule has 58 valence electrons. The highest BCUT2D eigenvalue weighted by Gasteiger charge is 2.43. The van der Waals surface area contributed by atoms with E-state index in [-0.39, 0.29) is 11.8 Å². The molecule has 2 unspecified atom stereocenters. The van der Waals surface area contributed by atoms with Gasteiger partial charge in [-0.2, -0.15) is 5.10 Å². The Morgan fingerprint density at radius 1 is 1.82 bits per heavy atom. The molecular formula is C7H9N3O. The minimum absolute atomic E-state index is 0.0487. The second kappa shape index (κ2) is 2.08. The van der Waals surface area contributed by atoms with E-state index in [9.17, 15) is 4.79 Å². The van der Waals surface area contributed by atoms with E-state index in [1.807, 2.05) is 6.20 Å². The summed E-state index contributed by atoms with van der Waals surface area (Å²) in [7, 11) is 0. The molecule has 0 aliphatic heterocycles. The predicted octanol–water partition coefficient (Wildman–Crippen LogP) is -0.00150. The topological polar surface area (TPSA) is 71.8 Å². The summed E-state index contributed by atoms with van der Waals surface area (Å²) < 4.78 is 0. The van der Waals surface area contributed by atoms with Crippen LogP contribution >= 0.6 is 0 Å². The Hall–Kier alpha value is -1.32. The largest absolute Gasteiger partial charge is 0.369 e. The molecule has 1 aromatic heterocycles. The van der Waals surface area contributed by atoms with Crippen molar-refractivity contribution in [3.8, 4) is 0 Å². The van der Waals surface area contributed by atoms with Gasteiger partial charge in [-0.05, 0) is 17.9 Å². The Bertz CT molecular complexity index is 267. The van der Waals surface area contributed by atoms with E-state index < -0.39 is 0 Å². The van der Waals surface area contributed by atoms with E-state index in [1.165, 1.54) is 0 Å². The highest BCUT2D eigenvalue weighted by Crippen LogP contribution is 2.46. The first-order valence-electron chi connectivity index (χ1n) is 3.57. The number of aromatic nitrogens is 2. The molecule has 1 aromatic rings. The molecule has 0 bridgehead atoms. The van der Waals surface area contributed by atoms with Crippen molar-refractivity contribution in [3.63, 3.8) is 0 Å². The standard InChI is InChI=1S/C7H9N3O/c8-7(11)6-1-5(6)4-2-9-10-3-4/h2-3,5-6H,1H2,(H2,8,11)(H,9,10). The van der Waals surface area contributed by atoms with Crippen LogP contribution in [0.2, 0.25) is 0 Å². The molecule has 0 spiro atoms. The first kappa shape index (κ1) is 6.39. The number of hydrogen-bond acceptors (Lipinski definition) is 2. The average molecular weight is 151 g/mol. The molecule has 1 aliphatic carbocycles. The molecule has 4 heteroatoms. The lowest BCUT2D eigenvalue weighted by Gasteiger charge is -1.88. The zero-order valence-corrected chi connectivity index (χ0v) is 5.95. The monoisotopic (exact) mass is 151 g/mol. The third-order valence-corrected chi connectivity index (χ3v) is 2.10. The maximum Gasteiger partial charge on any atom is 0.221 e. The Labute approximate surface area is 63.8 Å². The van der Waals surface area contributed by atoms with Crippen molar-refractivity contribution >= 4 is 5.91 Å². The number of primary amides is 1. The number of nitrogens with one attached hydrogen (secondary N) is 1. The van der Waals surface area contributed by atoms with Gasteiger partial charge in [0.2, 0.25) is 5.91 Å². The van der Waals surface area contributed by atoms with Crippen LogP contribution in [-0.4, -0.2) is 16.1 Å². The molecule has 0 aromatic carbocycles. The maximum atomic E-state index is 10.7. The van der Waals surface area contributed by atoms with E-state index >= 15 is 0 Å². The zero-order valence-electron chi connectivity index (χ0n) is 5.95. The van der Waals surface area contributed by atoms with Gasteiger partial charge in [0.05, 0.1) is 6.20 Å². The van der Waals surface area contributed by atoms with Gasteiger partial charge in [0.15, 0.2) is 0 Å². The van der Waals surface area contributed by atoms with Crippen molar-refractivity contribution in [2.45, 2.75) is 12.3 Å². The minimum Gasteiger partial charge on any atom is -0.369 e. The van der Waals surface area contributed by atoms with Crippen LogP contribution in [-0.2, 0) is 4.79 Å². The second-order valence-electron chi connectivity index (χ2n) is 2.88. The lowest BCUT2D eigenvalue weighted by molar-refractivity contribution is -0.119. The molecule has 1 amide bonds.